The highest BCUT2D eigenvalue weighted by atomic mass is 32.2. The first-order chi connectivity index (χ1) is 8.57. The van der Waals surface area contributed by atoms with Gasteiger partial charge in [0.15, 0.2) is 0 Å². The summed E-state index contributed by atoms with van der Waals surface area (Å²) in [6, 6.07) is 0. The summed E-state index contributed by atoms with van der Waals surface area (Å²) in [6.07, 6.45) is 4.26. The van der Waals surface area contributed by atoms with Crippen LogP contribution in [0.2, 0.25) is 0 Å². The van der Waals surface area contributed by atoms with Crippen LogP contribution >= 0.6 is 11.8 Å². The fraction of sp³-hybridized carbons (Fsp3) is 1.00. The SMILES string of the molecule is CCN(CC)CC(O)CNCC(CC)(CC)SC. The minimum Gasteiger partial charge on any atom is -0.390 e. The van der Waals surface area contributed by atoms with Crippen LogP contribution in [0, 0.1) is 0 Å². The molecule has 0 aliphatic carbocycles. The van der Waals surface area contributed by atoms with Crippen LogP contribution in [0.3, 0.4) is 0 Å². The van der Waals surface area contributed by atoms with Gasteiger partial charge in [0.25, 0.3) is 0 Å². The van der Waals surface area contributed by atoms with Gasteiger partial charge in [-0.3, -0.25) is 0 Å². The van der Waals surface area contributed by atoms with Crippen LogP contribution in [0.4, 0.5) is 0 Å². The van der Waals surface area contributed by atoms with E-state index in [4.69, 9.17) is 0 Å². The highest BCUT2D eigenvalue weighted by Crippen LogP contribution is 2.29. The van der Waals surface area contributed by atoms with E-state index in [1.54, 1.807) is 0 Å². The number of aliphatic hydroxyl groups is 1. The number of aliphatic hydroxyl groups excluding tert-OH is 1. The summed E-state index contributed by atoms with van der Waals surface area (Å²) in [5.74, 6) is 0. The molecule has 0 amide bonds. The molecule has 3 nitrogen and oxygen atoms in total. The second-order valence-electron chi connectivity index (χ2n) is 4.86. The molecule has 0 aromatic rings. The minimum absolute atomic E-state index is 0.266. The van der Waals surface area contributed by atoms with E-state index >= 15 is 0 Å². The molecular formula is C14H32N2OS. The fourth-order valence-electron chi connectivity index (χ4n) is 2.17. The van der Waals surface area contributed by atoms with Crippen LogP contribution in [0.1, 0.15) is 40.5 Å². The Kier molecular flexibility index (Phi) is 10.2. The third-order valence-electron chi connectivity index (χ3n) is 3.91. The van der Waals surface area contributed by atoms with Crippen LogP contribution in [-0.2, 0) is 0 Å². The van der Waals surface area contributed by atoms with Gasteiger partial charge < -0.3 is 15.3 Å². The average molecular weight is 276 g/mol. The van der Waals surface area contributed by atoms with E-state index in [1.807, 2.05) is 11.8 Å². The van der Waals surface area contributed by atoms with Crippen molar-refractivity contribution in [1.29, 1.82) is 0 Å². The lowest BCUT2D eigenvalue weighted by Crippen LogP contribution is -2.43. The predicted octanol–water partition coefficient (Wildman–Crippen LogP) is 2.20. The second kappa shape index (κ2) is 10.1. The van der Waals surface area contributed by atoms with Gasteiger partial charge in [0, 0.05) is 24.4 Å². The third kappa shape index (κ3) is 6.41. The lowest BCUT2D eigenvalue weighted by atomic mass is 10.0. The zero-order valence-corrected chi connectivity index (χ0v) is 13.6. The molecule has 18 heavy (non-hydrogen) atoms. The lowest BCUT2D eigenvalue weighted by Gasteiger charge is -2.31. The monoisotopic (exact) mass is 276 g/mol. The molecule has 0 heterocycles. The van der Waals surface area contributed by atoms with Gasteiger partial charge >= 0.3 is 0 Å². The maximum Gasteiger partial charge on any atom is 0.0791 e. The zero-order valence-electron chi connectivity index (χ0n) is 12.8. The number of thioether (sulfide) groups is 1. The van der Waals surface area contributed by atoms with E-state index < -0.39 is 0 Å². The van der Waals surface area contributed by atoms with Crippen molar-refractivity contribution in [2.24, 2.45) is 0 Å². The van der Waals surface area contributed by atoms with Crippen LogP contribution in [0.25, 0.3) is 0 Å². The molecule has 1 atom stereocenters. The molecule has 110 valence electrons. The van der Waals surface area contributed by atoms with Crippen molar-refractivity contribution in [3.05, 3.63) is 0 Å². The molecule has 0 fully saturated rings. The molecule has 0 radical (unpaired) electrons. The summed E-state index contributed by atoms with van der Waals surface area (Å²) >= 11 is 1.94. The molecule has 4 heteroatoms. The Balaban J connectivity index is 3.95. The van der Waals surface area contributed by atoms with Gasteiger partial charge in [-0.1, -0.05) is 27.7 Å². The van der Waals surface area contributed by atoms with Gasteiger partial charge in [0.2, 0.25) is 0 Å². The third-order valence-corrected chi connectivity index (χ3v) is 5.50. The molecule has 0 aliphatic rings. The lowest BCUT2D eigenvalue weighted by molar-refractivity contribution is 0.116. The van der Waals surface area contributed by atoms with E-state index in [0.29, 0.717) is 11.3 Å². The molecule has 0 saturated carbocycles. The summed E-state index contributed by atoms with van der Waals surface area (Å²) in [7, 11) is 0. The fourth-order valence-corrected chi connectivity index (χ4v) is 3.00. The summed E-state index contributed by atoms with van der Waals surface area (Å²) in [4.78, 5) is 2.26. The van der Waals surface area contributed by atoms with Crippen LogP contribution < -0.4 is 5.32 Å². The van der Waals surface area contributed by atoms with Crippen molar-refractivity contribution in [3.63, 3.8) is 0 Å². The first kappa shape index (κ1) is 18.2. The van der Waals surface area contributed by atoms with Gasteiger partial charge in [-0.2, -0.15) is 11.8 Å². The molecule has 1 unspecified atom stereocenters. The second-order valence-corrected chi connectivity index (χ2v) is 6.14. The quantitative estimate of drug-likeness (QED) is 0.606. The first-order valence-electron chi connectivity index (χ1n) is 7.23. The molecule has 0 rings (SSSR count). The Bertz CT molecular complexity index is 186. The van der Waals surface area contributed by atoms with Gasteiger partial charge in [-0.25, -0.2) is 0 Å². The molecule has 0 spiro atoms. The Morgan fingerprint density at radius 1 is 1.17 bits per heavy atom. The van der Waals surface area contributed by atoms with E-state index in [-0.39, 0.29) is 6.10 Å². The highest BCUT2D eigenvalue weighted by Gasteiger charge is 2.24. The number of hydrogen-bond acceptors (Lipinski definition) is 4. The largest absolute Gasteiger partial charge is 0.390 e. The first-order valence-corrected chi connectivity index (χ1v) is 8.46. The smallest absolute Gasteiger partial charge is 0.0791 e. The Morgan fingerprint density at radius 3 is 2.11 bits per heavy atom. The average Bonchev–Trinajstić information content (AvgIpc) is 2.41. The molecule has 0 aromatic heterocycles. The van der Waals surface area contributed by atoms with E-state index in [1.165, 1.54) is 12.8 Å². The van der Waals surface area contributed by atoms with Crippen molar-refractivity contribution in [3.8, 4) is 0 Å². The van der Waals surface area contributed by atoms with Crippen molar-refractivity contribution >= 4 is 11.8 Å². The van der Waals surface area contributed by atoms with Crippen molar-refractivity contribution in [1.82, 2.24) is 10.2 Å². The number of nitrogens with one attached hydrogen (secondary N) is 1. The highest BCUT2D eigenvalue weighted by molar-refractivity contribution is 8.00. The molecule has 0 aromatic carbocycles. The van der Waals surface area contributed by atoms with Crippen LogP contribution in [-0.4, -0.2) is 59.8 Å². The summed E-state index contributed by atoms with van der Waals surface area (Å²) < 4.78 is 0.328. The number of hydrogen-bond donors (Lipinski definition) is 2. The molecule has 2 N–H and O–H groups in total. The molecule has 0 aliphatic heterocycles. The summed E-state index contributed by atoms with van der Waals surface area (Å²) in [5, 5.41) is 13.4. The Hall–Kier alpha value is 0.230. The number of nitrogens with zero attached hydrogens (tertiary/aromatic N) is 1. The summed E-state index contributed by atoms with van der Waals surface area (Å²) in [5.41, 5.74) is 0. The standard InChI is InChI=1S/C14H32N2OS/c1-6-14(7-2,18-5)12-15-10-13(17)11-16(8-3)9-4/h13,15,17H,6-12H2,1-5H3. The Labute approximate surface area is 118 Å². The van der Waals surface area contributed by atoms with E-state index in [9.17, 15) is 5.11 Å². The predicted molar refractivity (Wildman–Crippen MR) is 83.5 cm³/mol. The van der Waals surface area contributed by atoms with Crippen LogP contribution in [0.5, 0.6) is 0 Å². The van der Waals surface area contributed by atoms with Gasteiger partial charge in [0.1, 0.15) is 0 Å². The Morgan fingerprint density at radius 2 is 1.72 bits per heavy atom. The maximum absolute atomic E-state index is 9.99. The summed E-state index contributed by atoms with van der Waals surface area (Å²) in [6.45, 7) is 13.2. The maximum atomic E-state index is 9.99. The minimum atomic E-state index is -0.266. The zero-order chi connectivity index (χ0) is 14.0. The topological polar surface area (TPSA) is 35.5 Å². The molecule has 0 bridgehead atoms. The number of rotatable bonds is 11. The van der Waals surface area contributed by atoms with Gasteiger partial charge in [0.05, 0.1) is 6.10 Å². The van der Waals surface area contributed by atoms with E-state index in [0.717, 1.165) is 26.2 Å². The van der Waals surface area contributed by atoms with Crippen molar-refractivity contribution in [2.45, 2.75) is 51.4 Å². The van der Waals surface area contributed by atoms with Crippen LogP contribution in [0.15, 0.2) is 0 Å². The molecular weight excluding hydrogens is 244 g/mol. The van der Waals surface area contributed by atoms with Crippen molar-refractivity contribution in [2.75, 3.05) is 39.0 Å². The number of likely N-dealkylation sites (N-methyl/N-ethyl adjacent to an activating group) is 1. The van der Waals surface area contributed by atoms with E-state index in [2.05, 4.69) is 44.2 Å². The molecule has 0 saturated heterocycles. The van der Waals surface area contributed by atoms with Gasteiger partial charge in [-0.15, -0.1) is 0 Å². The van der Waals surface area contributed by atoms with Gasteiger partial charge in [-0.05, 0) is 32.2 Å². The normalized spacial score (nSPS) is 14.2. The van der Waals surface area contributed by atoms with Crippen molar-refractivity contribution < 1.29 is 5.11 Å².